The van der Waals surface area contributed by atoms with Gasteiger partial charge in [0.2, 0.25) is 5.91 Å². The van der Waals surface area contributed by atoms with Crippen LogP contribution in [0.5, 0.6) is 0 Å². The highest BCUT2D eigenvalue weighted by Crippen LogP contribution is 2.45. The molecule has 162 valence electrons. The molecule has 1 aromatic carbocycles. The molecule has 6 heteroatoms. The van der Waals surface area contributed by atoms with E-state index in [0.29, 0.717) is 24.9 Å². The van der Waals surface area contributed by atoms with Crippen molar-refractivity contribution in [2.24, 2.45) is 0 Å². The second kappa shape index (κ2) is 8.80. The highest BCUT2D eigenvalue weighted by molar-refractivity contribution is 5.73. The lowest BCUT2D eigenvalue weighted by molar-refractivity contribution is -0.119. The normalized spacial score (nSPS) is 16.2. The number of pyridine rings is 1. The molecular weight excluding hydrogens is 384 g/mol. The Morgan fingerprint density at radius 2 is 1.83 bits per heavy atom. The summed E-state index contributed by atoms with van der Waals surface area (Å²) < 4.78 is 27.0. The Hall–Kier alpha value is -2.34. The highest BCUT2D eigenvalue weighted by atomic mass is 19.1. The number of hydrogen-bond acceptors (Lipinski definition) is 3. The zero-order valence-electron chi connectivity index (χ0n) is 18.2. The molecule has 0 spiro atoms. The van der Waals surface area contributed by atoms with E-state index in [0.717, 1.165) is 24.6 Å². The van der Waals surface area contributed by atoms with E-state index in [9.17, 15) is 13.6 Å². The van der Waals surface area contributed by atoms with Crippen LogP contribution in [0.15, 0.2) is 36.5 Å². The second-order valence-corrected chi connectivity index (χ2v) is 9.36. The lowest BCUT2D eigenvalue weighted by Gasteiger charge is -2.24. The van der Waals surface area contributed by atoms with Gasteiger partial charge in [0.05, 0.1) is 11.2 Å². The molecule has 0 aliphatic heterocycles. The van der Waals surface area contributed by atoms with Gasteiger partial charge in [0, 0.05) is 25.2 Å². The molecule has 2 N–H and O–H groups in total. The molecule has 4 nitrogen and oxygen atoms in total. The Bertz CT molecular complexity index is 883. The number of benzene rings is 1. The van der Waals surface area contributed by atoms with Crippen LogP contribution in [0.2, 0.25) is 0 Å². The number of rotatable bonds is 8. The van der Waals surface area contributed by atoms with Gasteiger partial charge >= 0.3 is 0 Å². The van der Waals surface area contributed by atoms with Crippen molar-refractivity contribution in [3.8, 4) is 0 Å². The number of amides is 1. The summed E-state index contributed by atoms with van der Waals surface area (Å²) in [6.07, 6.45) is 4.94. The van der Waals surface area contributed by atoms with Crippen molar-refractivity contribution in [1.29, 1.82) is 0 Å². The minimum Gasteiger partial charge on any atom is -0.353 e. The van der Waals surface area contributed by atoms with Crippen LogP contribution < -0.4 is 10.6 Å². The molecule has 1 aliphatic carbocycles. The minimum atomic E-state index is -0.605. The smallest absolute Gasteiger partial charge is 0.217 e. The fraction of sp³-hybridized carbons (Fsp3) is 0.500. The van der Waals surface area contributed by atoms with Gasteiger partial charge in [-0.25, -0.2) is 8.78 Å². The van der Waals surface area contributed by atoms with E-state index in [1.807, 2.05) is 6.20 Å². The third-order valence-electron chi connectivity index (χ3n) is 5.63. The Kier molecular flexibility index (Phi) is 6.56. The molecular formula is C24H31F2N3O. The molecule has 1 aliphatic rings. The fourth-order valence-corrected chi connectivity index (χ4v) is 3.82. The molecule has 0 radical (unpaired) electrons. The fourth-order valence-electron chi connectivity index (χ4n) is 3.82. The summed E-state index contributed by atoms with van der Waals surface area (Å²) in [6.45, 7) is 8.69. The van der Waals surface area contributed by atoms with Crippen LogP contribution in [0.25, 0.3) is 0 Å². The van der Waals surface area contributed by atoms with Gasteiger partial charge in [0.25, 0.3) is 0 Å². The molecule has 1 saturated carbocycles. The van der Waals surface area contributed by atoms with Crippen molar-refractivity contribution >= 4 is 5.91 Å². The first-order valence-corrected chi connectivity index (χ1v) is 10.5. The maximum atomic E-state index is 13.5. The van der Waals surface area contributed by atoms with Crippen LogP contribution >= 0.6 is 0 Å². The third kappa shape index (κ3) is 5.85. The maximum Gasteiger partial charge on any atom is 0.217 e. The summed E-state index contributed by atoms with van der Waals surface area (Å²) in [5.74, 6) is -1.37. The van der Waals surface area contributed by atoms with Crippen molar-refractivity contribution in [3.05, 3.63) is 65.0 Å². The summed E-state index contributed by atoms with van der Waals surface area (Å²) >= 11 is 0. The Morgan fingerprint density at radius 1 is 1.17 bits per heavy atom. The second-order valence-electron chi connectivity index (χ2n) is 9.36. The van der Waals surface area contributed by atoms with Gasteiger partial charge in [0.15, 0.2) is 0 Å². The summed E-state index contributed by atoms with van der Waals surface area (Å²) in [5.41, 5.74) is 2.78. The number of hydrogen-bond donors (Lipinski definition) is 2. The predicted molar refractivity (Wildman–Crippen MR) is 114 cm³/mol. The van der Waals surface area contributed by atoms with Gasteiger partial charge < -0.3 is 10.6 Å². The molecule has 1 aromatic heterocycles. The zero-order valence-corrected chi connectivity index (χ0v) is 18.2. The molecule has 1 fully saturated rings. The Labute approximate surface area is 177 Å². The molecule has 0 bridgehead atoms. The Balaban J connectivity index is 1.64. The van der Waals surface area contributed by atoms with Gasteiger partial charge in [-0.05, 0) is 73.0 Å². The van der Waals surface area contributed by atoms with Gasteiger partial charge in [0.1, 0.15) is 11.6 Å². The van der Waals surface area contributed by atoms with E-state index >= 15 is 0 Å². The van der Waals surface area contributed by atoms with Crippen molar-refractivity contribution < 1.29 is 13.6 Å². The van der Waals surface area contributed by atoms with Gasteiger partial charge in [-0.3, -0.25) is 9.78 Å². The van der Waals surface area contributed by atoms with Crippen molar-refractivity contribution in [3.63, 3.8) is 0 Å². The maximum absolute atomic E-state index is 13.5. The average molecular weight is 416 g/mol. The molecule has 3 rings (SSSR count). The van der Waals surface area contributed by atoms with E-state index in [2.05, 4.69) is 48.5 Å². The number of nitrogens with zero attached hydrogens (tertiary/aromatic N) is 1. The third-order valence-corrected chi connectivity index (χ3v) is 5.63. The van der Waals surface area contributed by atoms with Crippen molar-refractivity contribution in [2.75, 3.05) is 6.54 Å². The SMILES string of the molecule is CC(=O)N[C@H](CCNC1(c2cc(C(C)(C)C)ccn2)CC1)Cc1cc(F)cc(F)c1. The van der Waals surface area contributed by atoms with E-state index in [4.69, 9.17) is 0 Å². The lowest BCUT2D eigenvalue weighted by Crippen LogP contribution is -2.39. The lowest BCUT2D eigenvalue weighted by atomic mass is 9.86. The summed E-state index contributed by atoms with van der Waals surface area (Å²) in [4.78, 5) is 16.2. The van der Waals surface area contributed by atoms with Gasteiger partial charge in [-0.2, -0.15) is 0 Å². The average Bonchev–Trinajstić information content (AvgIpc) is 3.41. The number of aromatic nitrogens is 1. The molecule has 0 unspecified atom stereocenters. The number of carbonyl (C=O) groups excluding carboxylic acids is 1. The molecule has 2 aromatic rings. The van der Waals surface area contributed by atoms with Crippen LogP contribution in [0.4, 0.5) is 8.78 Å². The van der Waals surface area contributed by atoms with E-state index in [-0.39, 0.29) is 22.9 Å². The number of nitrogens with one attached hydrogen (secondary N) is 2. The monoisotopic (exact) mass is 415 g/mol. The number of halogens is 2. The highest BCUT2D eigenvalue weighted by Gasteiger charge is 2.45. The first-order valence-electron chi connectivity index (χ1n) is 10.5. The molecule has 1 amide bonds. The van der Waals surface area contributed by atoms with Crippen LogP contribution in [-0.4, -0.2) is 23.5 Å². The Morgan fingerprint density at radius 3 is 2.40 bits per heavy atom. The van der Waals surface area contributed by atoms with Gasteiger partial charge in [-0.15, -0.1) is 0 Å². The van der Waals surface area contributed by atoms with Crippen LogP contribution in [0, 0.1) is 11.6 Å². The summed E-state index contributed by atoms with van der Waals surface area (Å²) in [5, 5.41) is 6.52. The molecule has 1 heterocycles. The van der Waals surface area contributed by atoms with Crippen molar-refractivity contribution in [1.82, 2.24) is 15.6 Å². The largest absolute Gasteiger partial charge is 0.353 e. The van der Waals surface area contributed by atoms with Crippen molar-refractivity contribution in [2.45, 2.75) is 70.4 Å². The van der Waals surface area contributed by atoms with E-state index < -0.39 is 11.6 Å². The molecule has 1 atom stereocenters. The number of carbonyl (C=O) groups is 1. The van der Waals surface area contributed by atoms with E-state index in [1.165, 1.54) is 24.6 Å². The zero-order chi connectivity index (χ0) is 21.9. The quantitative estimate of drug-likeness (QED) is 0.673. The standard InChI is InChI=1S/C24H31F2N3O/c1-16(30)29-21(13-17-11-19(25)15-20(26)12-17)6-10-28-24(7-8-24)22-14-18(5-9-27-22)23(2,3)4/h5,9,11-12,14-15,21,28H,6-8,10,13H2,1-4H3,(H,29,30)/t21-/m1/s1. The van der Waals surface area contributed by atoms with E-state index in [1.54, 1.807) is 0 Å². The van der Waals surface area contributed by atoms with Crippen LogP contribution in [0.1, 0.15) is 63.8 Å². The molecule has 30 heavy (non-hydrogen) atoms. The van der Waals surface area contributed by atoms with Crippen LogP contribution in [0.3, 0.4) is 0 Å². The summed E-state index contributed by atoms with van der Waals surface area (Å²) in [6, 6.07) is 7.52. The molecule has 0 saturated heterocycles. The van der Waals surface area contributed by atoms with Crippen LogP contribution in [-0.2, 0) is 22.2 Å². The summed E-state index contributed by atoms with van der Waals surface area (Å²) in [7, 11) is 0. The van der Waals surface area contributed by atoms with Gasteiger partial charge in [-0.1, -0.05) is 20.8 Å². The first-order chi connectivity index (χ1) is 14.1. The minimum absolute atomic E-state index is 0.0600. The topological polar surface area (TPSA) is 54.0 Å². The predicted octanol–water partition coefficient (Wildman–Crippen LogP) is 4.37. The first kappa shape index (κ1) is 22.3.